The molecule has 0 saturated carbocycles. The number of carbonyl (C=O) groups excluding carboxylic acids is 1. The molecule has 1 aromatic carbocycles. The van der Waals surface area contributed by atoms with E-state index >= 15 is 0 Å². The van der Waals surface area contributed by atoms with Gasteiger partial charge in [-0.05, 0) is 61.8 Å². The van der Waals surface area contributed by atoms with Gasteiger partial charge in [0.15, 0.2) is 5.78 Å². The number of anilines is 1. The molecule has 1 aliphatic rings. The molecule has 20 heavy (non-hydrogen) atoms. The molecule has 4 heteroatoms. The van der Waals surface area contributed by atoms with E-state index in [4.69, 9.17) is 0 Å². The van der Waals surface area contributed by atoms with Gasteiger partial charge in [0.05, 0.1) is 5.69 Å². The number of halogens is 1. The molecule has 0 amide bonds. The second kappa shape index (κ2) is 5.86. The molecule has 1 saturated heterocycles. The summed E-state index contributed by atoms with van der Waals surface area (Å²) in [6.07, 6.45) is 0. The van der Waals surface area contributed by atoms with E-state index in [0.29, 0.717) is 0 Å². The van der Waals surface area contributed by atoms with E-state index < -0.39 is 0 Å². The normalized spacial score (nSPS) is 17.4. The Bertz CT molecular complexity index is 500. The Morgan fingerprint density at radius 1 is 1.15 bits per heavy atom. The fraction of sp³-hybridized carbons (Fsp3) is 0.562. The third kappa shape index (κ3) is 3.41. The van der Waals surface area contributed by atoms with Crippen LogP contribution >= 0.6 is 15.9 Å². The topological polar surface area (TPSA) is 23.6 Å². The van der Waals surface area contributed by atoms with Crippen molar-refractivity contribution >= 4 is 27.4 Å². The molecule has 0 radical (unpaired) electrons. The van der Waals surface area contributed by atoms with E-state index in [0.717, 1.165) is 36.2 Å². The average molecular weight is 339 g/mol. The Balaban J connectivity index is 2.09. The lowest BCUT2D eigenvalue weighted by Crippen LogP contribution is -2.53. The van der Waals surface area contributed by atoms with Crippen LogP contribution < -0.4 is 4.90 Å². The highest BCUT2D eigenvalue weighted by molar-refractivity contribution is 9.10. The zero-order valence-electron chi connectivity index (χ0n) is 12.7. The summed E-state index contributed by atoms with van der Waals surface area (Å²) in [5.41, 5.74) is 2.18. The van der Waals surface area contributed by atoms with E-state index in [1.54, 1.807) is 6.92 Å². The van der Waals surface area contributed by atoms with Crippen molar-refractivity contribution < 1.29 is 4.79 Å². The first-order valence-electron chi connectivity index (χ1n) is 7.09. The van der Waals surface area contributed by atoms with Gasteiger partial charge in [-0.1, -0.05) is 0 Å². The molecule has 0 unspecified atom stereocenters. The predicted octanol–water partition coefficient (Wildman–Crippen LogP) is 3.57. The molecule has 0 N–H and O–H groups in total. The molecular weight excluding hydrogens is 316 g/mol. The monoisotopic (exact) mass is 338 g/mol. The van der Waals surface area contributed by atoms with Crippen LogP contribution in [0.5, 0.6) is 0 Å². The van der Waals surface area contributed by atoms with Crippen molar-refractivity contribution in [2.24, 2.45) is 0 Å². The zero-order chi connectivity index (χ0) is 14.9. The van der Waals surface area contributed by atoms with Crippen LogP contribution in [0.1, 0.15) is 38.1 Å². The number of piperazine rings is 1. The van der Waals surface area contributed by atoms with Crippen LogP contribution in [0.25, 0.3) is 0 Å². The number of nitrogens with zero attached hydrogens (tertiary/aromatic N) is 2. The third-order valence-corrected chi connectivity index (χ3v) is 4.56. The SMILES string of the molecule is CC(=O)c1ccc(N2CCN(C(C)(C)C)CC2)c(Br)c1. The summed E-state index contributed by atoms with van der Waals surface area (Å²) in [5, 5.41) is 0. The van der Waals surface area contributed by atoms with Crippen LogP contribution in [0.3, 0.4) is 0 Å². The molecule has 2 rings (SSSR count). The van der Waals surface area contributed by atoms with Crippen LogP contribution in [0.2, 0.25) is 0 Å². The van der Waals surface area contributed by atoms with Gasteiger partial charge in [-0.15, -0.1) is 0 Å². The lowest BCUT2D eigenvalue weighted by atomic mass is 10.0. The first-order valence-corrected chi connectivity index (χ1v) is 7.89. The van der Waals surface area contributed by atoms with Gasteiger partial charge in [-0.25, -0.2) is 0 Å². The molecular formula is C16H23BrN2O. The quantitative estimate of drug-likeness (QED) is 0.770. The molecule has 1 fully saturated rings. The second-order valence-electron chi connectivity index (χ2n) is 6.37. The van der Waals surface area contributed by atoms with Crippen LogP contribution in [0.4, 0.5) is 5.69 Å². The summed E-state index contributed by atoms with van der Waals surface area (Å²) in [7, 11) is 0. The Labute approximate surface area is 130 Å². The number of hydrogen-bond acceptors (Lipinski definition) is 3. The number of Topliss-reactive ketones (excluding diaryl/α,β-unsaturated/α-hetero) is 1. The first-order chi connectivity index (χ1) is 9.29. The second-order valence-corrected chi connectivity index (χ2v) is 7.22. The maximum atomic E-state index is 11.4. The summed E-state index contributed by atoms with van der Waals surface area (Å²) < 4.78 is 1.01. The number of benzene rings is 1. The van der Waals surface area contributed by atoms with E-state index in [2.05, 4.69) is 46.5 Å². The summed E-state index contributed by atoms with van der Waals surface area (Å²) >= 11 is 3.60. The van der Waals surface area contributed by atoms with E-state index in [1.807, 2.05) is 18.2 Å². The molecule has 1 heterocycles. The highest BCUT2D eigenvalue weighted by Gasteiger charge is 2.26. The van der Waals surface area contributed by atoms with Gasteiger partial charge < -0.3 is 4.90 Å². The highest BCUT2D eigenvalue weighted by Crippen LogP contribution is 2.29. The summed E-state index contributed by atoms with van der Waals surface area (Å²) in [5.74, 6) is 0.106. The Kier molecular flexibility index (Phi) is 4.55. The number of carbonyl (C=O) groups is 1. The summed E-state index contributed by atoms with van der Waals surface area (Å²) in [6.45, 7) is 12.6. The number of rotatable bonds is 2. The molecule has 0 atom stereocenters. The minimum Gasteiger partial charge on any atom is -0.368 e. The number of hydrogen-bond donors (Lipinski definition) is 0. The van der Waals surface area contributed by atoms with Crippen molar-refractivity contribution in [2.45, 2.75) is 33.2 Å². The molecule has 0 bridgehead atoms. The minimum absolute atomic E-state index is 0.106. The van der Waals surface area contributed by atoms with Crippen LogP contribution in [0.15, 0.2) is 22.7 Å². The molecule has 1 aromatic rings. The largest absolute Gasteiger partial charge is 0.368 e. The van der Waals surface area contributed by atoms with Gasteiger partial charge >= 0.3 is 0 Å². The van der Waals surface area contributed by atoms with Crippen molar-refractivity contribution in [1.82, 2.24) is 4.90 Å². The first kappa shape index (κ1) is 15.5. The fourth-order valence-corrected chi connectivity index (χ4v) is 3.23. The Morgan fingerprint density at radius 2 is 1.75 bits per heavy atom. The van der Waals surface area contributed by atoms with Gasteiger partial charge in [-0.3, -0.25) is 9.69 Å². The van der Waals surface area contributed by atoms with Gasteiger partial charge in [0.2, 0.25) is 0 Å². The van der Waals surface area contributed by atoms with Crippen LogP contribution in [-0.4, -0.2) is 42.4 Å². The van der Waals surface area contributed by atoms with Gasteiger partial charge in [-0.2, -0.15) is 0 Å². The third-order valence-electron chi connectivity index (χ3n) is 3.92. The minimum atomic E-state index is 0.106. The van der Waals surface area contributed by atoms with Crippen molar-refractivity contribution in [2.75, 3.05) is 31.1 Å². The molecule has 110 valence electrons. The molecule has 0 spiro atoms. The Morgan fingerprint density at radius 3 is 2.20 bits per heavy atom. The van der Waals surface area contributed by atoms with Gasteiger partial charge in [0, 0.05) is 41.8 Å². The summed E-state index contributed by atoms with van der Waals surface area (Å²) in [6, 6.07) is 5.89. The molecule has 3 nitrogen and oxygen atoms in total. The predicted molar refractivity (Wildman–Crippen MR) is 87.7 cm³/mol. The van der Waals surface area contributed by atoms with E-state index in [1.165, 1.54) is 5.69 Å². The van der Waals surface area contributed by atoms with Crippen molar-refractivity contribution in [1.29, 1.82) is 0 Å². The molecule has 0 aliphatic carbocycles. The standard InChI is InChI=1S/C16H23BrN2O/c1-12(20)13-5-6-15(14(17)11-13)18-7-9-19(10-8-18)16(2,3)4/h5-6,11H,7-10H2,1-4H3. The van der Waals surface area contributed by atoms with Crippen LogP contribution in [-0.2, 0) is 0 Å². The van der Waals surface area contributed by atoms with Crippen LogP contribution in [0, 0.1) is 0 Å². The lowest BCUT2D eigenvalue weighted by Gasteiger charge is -2.43. The molecule has 1 aliphatic heterocycles. The zero-order valence-corrected chi connectivity index (χ0v) is 14.3. The Hall–Kier alpha value is -0.870. The smallest absolute Gasteiger partial charge is 0.159 e. The van der Waals surface area contributed by atoms with Crippen molar-refractivity contribution in [3.05, 3.63) is 28.2 Å². The van der Waals surface area contributed by atoms with Crippen molar-refractivity contribution in [3.63, 3.8) is 0 Å². The fourth-order valence-electron chi connectivity index (χ4n) is 2.60. The molecule has 0 aromatic heterocycles. The summed E-state index contributed by atoms with van der Waals surface area (Å²) in [4.78, 5) is 16.3. The highest BCUT2D eigenvalue weighted by atomic mass is 79.9. The van der Waals surface area contributed by atoms with Crippen molar-refractivity contribution in [3.8, 4) is 0 Å². The van der Waals surface area contributed by atoms with E-state index in [9.17, 15) is 4.79 Å². The van der Waals surface area contributed by atoms with E-state index in [-0.39, 0.29) is 11.3 Å². The lowest BCUT2D eigenvalue weighted by molar-refractivity contribution is 0.101. The number of ketones is 1. The average Bonchev–Trinajstić information content (AvgIpc) is 2.37. The maximum Gasteiger partial charge on any atom is 0.159 e. The van der Waals surface area contributed by atoms with Gasteiger partial charge in [0.1, 0.15) is 0 Å². The maximum absolute atomic E-state index is 11.4. The van der Waals surface area contributed by atoms with Gasteiger partial charge in [0.25, 0.3) is 0 Å².